The molecule has 1 fully saturated rings. The van der Waals surface area contributed by atoms with Gasteiger partial charge in [-0.25, -0.2) is 8.42 Å². The van der Waals surface area contributed by atoms with Crippen LogP contribution in [0.15, 0.2) is 0 Å². The Hall–Kier alpha value is -0.580. The lowest BCUT2D eigenvalue weighted by atomic mass is 10.2. The molecule has 0 saturated carbocycles. The molecule has 1 aliphatic heterocycles. The maximum atomic E-state index is 11.7. The zero-order valence-electron chi connectivity index (χ0n) is 9.40. The Morgan fingerprint density at radius 2 is 1.60 bits per heavy atom. The predicted octanol–water partition coefficient (Wildman–Crippen LogP) is 0.680. The van der Waals surface area contributed by atoms with Crippen molar-refractivity contribution in [2.45, 2.75) is 26.7 Å². The van der Waals surface area contributed by atoms with E-state index < -0.39 is 9.84 Å². The fraction of sp³-hybridized carbons (Fsp3) is 0.900. The van der Waals surface area contributed by atoms with Crippen molar-refractivity contribution in [3.63, 3.8) is 0 Å². The summed E-state index contributed by atoms with van der Waals surface area (Å²) in [5, 5.41) is 0. The van der Waals surface area contributed by atoms with Crippen molar-refractivity contribution in [1.82, 2.24) is 4.90 Å². The van der Waals surface area contributed by atoms with Gasteiger partial charge in [0.1, 0.15) is 9.84 Å². The number of carbonyl (C=O) groups excluding carboxylic acids is 1. The quantitative estimate of drug-likeness (QED) is 0.669. The van der Waals surface area contributed by atoms with Gasteiger partial charge in [0.2, 0.25) is 5.91 Å². The van der Waals surface area contributed by atoms with E-state index in [9.17, 15) is 13.2 Å². The van der Waals surface area contributed by atoms with Crippen molar-refractivity contribution in [3.8, 4) is 0 Å². The molecule has 0 bridgehead atoms. The lowest BCUT2D eigenvalue weighted by Gasteiger charge is -2.26. The Morgan fingerprint density at radius 1 is 1.13 bits per heavy atom. The monoisotopic (exact) mass is 233 g/mol. The Labute approximate surface area is 91.6 Å². The fourth-order valence-corrected chi connectivity index (χ4v) is 3.09. The highest BCUT2D eigenvalue weighted by Crippen LogP contribution is 2.09. The predicted molar refractivity (Wildman–Crippen MR) is 59.3 cm³/mol. The highest BCUT2D eigenvalue weighted by atomic mass is 32.2. The summed E-state index contributed by atoms with van der Waals surface area (Å²) >= 11 is 0. The lowest BCUT2D eigenvalue weighted by molar-refractivity contribution is -0.134. The smallest absolute Gasteiger partial charge is 0.225 e. The summed E-state index contributed by atoms with van der Waals surface area (Å²) in [7, 11) is -2.85. The van der Waals surface area contributed by atoms with E-state index in [1.165, 1.54) is 0 Å². The summed E-state index contributed by atoms with van der Waals surface area (Å²) in [6.07, 6.45) is 1.14. The maximum absolute atomic E-state index is 11.7. The molecule has 0 unspecified atom stereocenters. The summed E-state index contributed by atoms with van der Waals surface area (Å²) in [6, 6.07) is 0. The molecule has 0 aromatic heterocycles. The van der Waals surface area contributed by atoms with Crippen LogP contribution < -0.4 is 0 Å². The molecule has 1 aliphatic rings. The van der Waals surface area contributed by atoms with Crippen LogP contribution in [0.2, 0.25) is 0 Å². The van der Waals surface area contributed by atoms with Crippen molar-refractivity contribution in [2.75, 3.05) is 24.6 Å². The largest absolute Gasteiger partial charge is 0.342 e. The first-order chi connectivity index (χ1) is 6.92. The van der Waals surface area contributed by atoms with Crippen LogP contribution in [0.4, 0.5) is 0 Å². The van der Waals surface area contributed by atoms with Gasteiger partial charge in [-0.05, 0) is 12.8 Å². The minimum Gasteiger partial charge on any atom is -0.342 e. The van der Waals surface area contributed by atoms with Gasteiger partial charge in [0.05, 0.1) is 11.5 Å². The molecule has 15 heavy (non-hydrogen) atoms. The van der Waals surface area contributed by atoms with Gasteiger partial charge in [0.15, 0.2) is 0 Å². The third kappa shape index (κ3) is 3.81. The summed E-state index contributed by atoms with van der Waals surface area (Å²) in [4.78, 5) is 13.5. The molecule has 0 spiro atoms. The van der Waals surface area contributed by atoms with Crippen molar-refractivity contribution >= 4 is 15.7 Å². The van der Waals surface area contributed by atoms with Gasteiger partial charge in [0, 0.05) is 19.0 Å². The molecule has 4 nitrogen and oxygen atoms in total. The van der Waals surface area contributed by atoms with Gasteiger partial charge in [-0.3, -0.25) is 4.79 Å². The zero-order valence-corrected chi connectivity index (χ0v) is 10.2. The molecule has 5 heteroatoms. The van der Waals surface area contributed by atoms with E-state index >= 15 is 0 Å². The van der Waals surface area contributed by atoms with Crippen LogP contribution in [-0.4, -0.2) is 43.8 Å². The summed E-state index contributed by atoms with van der Waals surface area (Å²) in [6.45, 7) is 4.90. The maximum Gasteiger partial charge on any atom is 0.225 e. The van der Waals surface area contributed by atoms with Gasteiger partial charge in [-0.2, -0.15) is 0 Å². The second kappa shape index (κ2) is 4.96. The summed E-state index contributed by atoms with van der Waals surface area (Å²) < 4.78 is 22.7. The molecule has 1 amide bonds. The molecule has 88 valence electrons. The third-order valence-corrected chi connectivity index (χ3v) is 4.39. The van der Waals surface area contributed by atoms with Crippen LogP contribution in [-0.2, 0) is 14.6 Å². The highest BCUT2D eigenvalue weighted by molar-refractivity contribution is 7.91. The molecule has 0 aromatic rings. The van der Waals surface area contributed by atoms with Crippen LogP contribution in [0.1, 0.15) is 26.7 Å². The van der Waals surface area contributed by atoms with Gasteiger partial charge >= 0.3 is 0 Å². The minimum atomic E-state index is -2.85. The van der Waals surface area contributed by atoms with E-state index in [1.54, 1.807) is 4.90 Å². The summed E-state index contributed by atoms with van der Waals surface area (Å²) in [5.41, 5.74) is 0. The van der Waals surface area contributed by atoms with Gasteiger partial charge < -0.3 is 4.90 Å². The molecular formula is C10H19NO3S. The molecule has 0 aromatic carbocycles. The van der Waals surface area contributed by atoms with Crippen molar-refractivity contribution in [3.05, 3.63) is 0 Å². The number of amides is 1. The molecule has 0 aliphatic carbocycles. The standard InChI is InChI=1S/C10H19NO3S/c1-9(2)10(12)11-5-3-7-15(13,14)8-4-6-11/h9H,3-8H2,1-2H3. The average molecular weight is 233 g/mol. The van der Waals surface area contributed by atoms with Gasteiger partial charge in [-0.1, -0.05) is 13.8 Å². The zero-order chi connectivity index (χ0) is 11.5. The Bertz CT molecular complexity index is 306. The molecule has 0 N–H and O–H groups in total. The van der Waals surface area contributed by atoms with Crippen LogP contribution in [0.3, 0.4) is 0 Å². The van der Waals surface area contributed by atoms with Crippen molar-refractivity contribution in [1.29, 1.82) is 0 Å². The highest BCUT2D eigenvalue weighted by Gasteiger charge is 2.21. The van der Waals surface area contributed by atoms with E-state index in [-0.39, 0.29) is 23.3 Å². The number of carbonyl (C=O) groups is 1. The average Bonchev–Trinajstić information content (AvgIpc) is 2.10. The van der Waals surface area contributed by atoms with Crippen molar-refractivity contribution in [2.24, 2.45) is 5.92 Å². The number of nitrogens with zero attached hydrogens (tertiary/aromatic N) is 1. The third-order valence-electron chi connectivity index (χ3n) is 2.57. The first-order valence-corrected chi connectivity index (χ1v) is 7.24. The molecule has 1 rings (SSSR count). The van der Waals surface area contributed by atoms with Crippen LogP contribution in [0.5, 0.6) is 0 Å². The summed E-state index contributed by atoms with van der Waals surface area (Å²) in [5.74, 6) is 0.569. The lowest BCUT2D eigenvalue weighted by Crippen LogP contribution is -2.38. The fourth-order valence-electron chi connectivity index (χ4n) is 1.75. The molecule has 1 heterocycles. The van der Waals surface area contributed by atoms with E-state index in [0.717, 1.165) is 0 Å². The van der Waals surface area contributed by atoms with Crippen LogP contribution in [0.25, 0.3) is 0 Å². The van der Waals surface area contributed by atoms with E-state index in [4.69, 9.17) is 0 Å². The second-order valence-electron chi connectivity index (χ2n) is 4.34. The van der Waals surface area contributed by atoms with Crippen LogP contribution in [0, 0.1) is 5.92 Å². The molecule has 0 atom stereocenters. The SMILES string of the molecule is CC(C)C(=O)N1CCCS(=O)(=O)CCC1. The minimum absolute atomic E-state index is 0.000957. The topological polar surface area (TPSA) is 54.5 Å². The molecule has 1 saturated heterocycles. The van der Waals surface area contributed by atoms with E-state index in [0.29, 0.717) is 25.9 Å². The first-order valence-electron chi connectivity index (χ1n) is 5.41. The Morgan fingerprint density at radius 3 is 2.00 bits per heavy atom. The Balaban J connectivity index is 2.56. The normalized spacial score (nSPS) is 22.2. The molecule has 0 radical (unpaired) electrons. The first kappa shape index (κ1) is 12.5. The number of hydrogen-bond donors (Lipinski definition) is 0. The van der Waals surface area contributed by atoms with E-state index in [1.807, 2.05) is 13.8 Å². The van der Waals surface area contributed by atoms with Crippen molar-refractivity contribution < 1.29 is 13.2 Å². The number of rotatable bonds is 1. The number of hydrogen-bond acceptors (Lipinski definition) is 3. The van der Waals surface area contributed by atoms with Gasteiger partial charge in [-0.15, -0.1) is 0 Å². The molecular weight excluding hydrogens is 214 g/mol. The Kier molecular flexibility index (Phi) is 4.13. The number of sulfone groups is 1. The van der Waals surface area contributed by atoms with Crippen LogP contribution >= 0.6 is 0 Å². The van der Waals surface area contributed by atoms with E-state index in [2.05, 4.69) is 0 Å². The van der Waals surface area contributed by atoms with Gasteiger partial charge in [0.25, 0.3) is 0 Å². The second-order valence-corrected chi connectivity index (χ2v) is 6.64.